The predicted octanol–water partition coefficient (Wildman–Crippen LogP) is 1.81. The van der Waals surface area contributed by atoms with Crippen LogP contribution in [0, 0.1) is 33.6 Å². The summed E-state index contributed by atoms with van der Waals surface area (Å²) in [5.74, 6) is 2.17. The van der Waals surface area contributed by atoms with Crippen LogP contribution in [0.2, 0.25) is 0 Å². The number of aldehydes is 1. The molecular formula is C10H5F2NO3. The summed E-state index contributed by atoms with van der Waals surface area (Å²) in [4.78, 5) is 19.5. The second-order valence-electron chi connectivity index (χ2n) is 2.71. The van der Waals surface area contributed by atoms with Gasteiger partial charge in [0, 0.05) is 6.07 Å². The Hall–Kier alpha value is -2.29. The van der Waals surface area contributed by atoms with E-state index >= 15 is 0 Å². The third-order valence-corrected chi connectivity index (χ3v) is 1.62. The molecule has 0 amide bonds. The quantitative estimate of drug-likeness (QED) is 0.334. The topological polar surface area (TPSA) is 60.2 Å². The van der Waals surface area contributed by atoms with Crippen molar-refractivity contribution in [2.75, 3.05) is 0 Å². The van der Waals surface area contributed by atoms with Crippen molar-refractivity contribution in [3.63, 3.8) is 0 Å². The van der Waals surface area contributed by atoms with E-state index < -0.39 is 22.2 Å². The van der Waals surface area contributed by atoms with Gasteiger partial charge in [-0.25, -0.2) is 4.39 Å². The van der Waals surface area contributed by atoms with E-state index in [4.69, 9.17) is 0 Å². The highest BCUT2D eigenvalue weighted by Gasteiger charge is 2.20. The minimum absolute atomic E-state index is 0.157. The highest BCUT2D eigenvalue weighted by Crippen LogP contribution is 2.23. The molecule has 82 valence electrons. The highest BCUT2D eigenvalue weighted by atomic mass is 19.1. The smallest absolute Gasteiger partial charge is 0.302 e. The summed E-state index contributed by atoms with van der Waals surface area (Å²) in [7, 11) is 0. The van der Waals surface area contributed by atoms with Crippen molar-refractivity contribution in [3.8, 4) is 11.8 Å². The van der Waals surface area contributed by atoms with Crippen LogP contribution in [-0.4, -0.2) is 11.2 Å². The third-order valence-electron chi connectivity index (χ3n) is 1.62. The molecule has 6 heteroatoms. The second-order valence-corrected chi connectivity index (χ2v) is 2.71. The van der Waals surface area contributed by atoms with Crippen molar-refractivity contribution < 1.29 is 18.5 Å². The fourth-order valence-electron chi connectivity index (χ4n) is 1.03. The van der Waals surface area contributed by atoms with E-state index in [-0.39, 0.29) is 12.0 Å². The zero-order valence-corrected chi connectivity index (χ0v) is 7.87. The molecule has 16 heavy (non-hydrogen) atoms. The molecule has 0 aliphatic heterocycles. The molecule has 0 aromatic heterocycles. The van der Waals surface area contributed by atoms with Crippen molar-refractivity contribution in [2.24, 2.45) is 0 Å². The first-order chi connectivity index (χ1) is 7.56. The van der Waals surface area contributed by atoms with Crippen LogP contribution in [0.4, 0.5) is 14.5 Å². The summed E-state index contributed by atoms with van der Waals surface area (Å²) in [6, 6.07) is 1.15. The maximum Gasteiger partial charge on any atom is 0.320 e. The summed E-state index contributed by atoms with van der Waals surface area (Å²) < 4.78 is 25.8. The SMILES string of the molecule is O=CCC#Cc1cc(F)cc(F)c1[N+](=O)[O-]. The van der Waals surface area contributed by atoms with Crippen molar-refractivity contribution >= 4 is 12.0 Å². The zero-order chi connectivity index (χ0) is 12.1. The first-order valence-corrected chi connectivity index (χ1v) is 4.12. The standard InChI is InChI=1S/C10H5F2NO3/c11-8-5-7(3-1-2-4-14)10(13(15)16)9(12)6-8/h4-6H,2H2. The Balaban J connectivity index is 3.31. The number of benzene rings is 1. The van der Waals surface area contributed by atoms with Crippen LogP contribution in [0.15, 0.2) is 12.1 Å². The fourth-order valence-corrected chi connectivity index (χ4v) is 1.03. The Morgan fingerprint density at radius 2 is 2.12 bits per heavy atom. The maximum absolute atomic E-state index is 13.1. The van der Waals surface area contributed by atoms with Gasteiger partial charge in [-0.15, -0.1) is 0 Å². The lowest BCUT2D eigenvalue weighted by Crippen LogP contribution is -1.97. The Bertz CT molecular complexity index is 503. The van der Waals surface area contributed by atoms with Crippen LogP contribution in [0.3, 0.4) is 0 Å². The fraction of sp³-hybridized carbons (Fsp3) is 0.100. The molecular weight excluding hydrogens is 220 g/mol. The first-order valence-electron chi connectivity index (χ1n) is 4.12. The van der Waals surface area contributed by atoms with Crippen molar-refractivity contribution in [1.29, 1.82) is 0 Å². The molecule has 0 saturated carbocycles. The van der Waals surface area contributed by atoms with Crippen LogP contribution < -0.4 is 0 Å². The van der Waals surface area contributed by atoms with Crippen LogP contribution in [0.5, 0.6) is 0 Å². The normalized spacial score (nSPS) is 9.12. The van der Waals surface area contributed by atoms with E-state index in [1.807, 2.05) is 0 Å². The van der Waals surface area contributed by atoms with E-state index in [0.29, 0.717) is 12.4 Å². The van der Waals surface area contributed by atoms with Gasteiger partial charge in [-0.2, -0.15) is 4.39 Å². The van der Waals surface area contributed by atoms with E-state index in [1.165, 1.54) is 0 Å². The van der Waals surface area contributed by atoms with E-state index in [1.54, 1.807) is 0 Å². The van der Waals surface area contributed by atoms with Gasteiger partial charge in [0.05, 0.1) is 11.3 Å². The predicted molar refractivity (Wildman–Crippen MR) is 50.6 cm³/mol. The molecule has 0 N–H and O–H groups in total. The molecule has 0 bridgehead atoms. The molecule has 0 spiro atoms. The van der Waals surface area contributed by atoms with Crippen molar-refractivity contribution in [1.82, 2.24) is 0 Å². The van der Waals surface area contributed by atoms with Gasteiger partial charge < -0.3 is 4.79 Å². The summed E-state index contributed by atoms with van der Waals surface area (Å²) in [6.45, 7) is 0. The van der Waals surface area contributed by atoms with Gasteiger partial charge in [0.1, 0.15) is 17.7 Å². The average molecular weight is 225 g/mol. The van der Waals surface area contributed by atoms with Crippen LogP contribution in [0.1, 0.15) is 12.0 Å². The first kappa shape index (κ1) is 11.8. The number of hydrogen-bond donors (Lipinski definition) is 0. The van der Waals surface area contributed by atoms with Gasteiger partial charge in [0.15, 0.2) is 0 Å². The number of nitrogens with zero attached hydrogens (tertiary/aromatic N) is 1. The number of carbonyl (C=O) groups is 1. The maximum atomic E-state index is 13.1. The average Bonchev–Trinajstić information content (AvgIpc) is 2.16. The van der Waals surface area contributed by atoms with Crippen LogP contribution in [0.25, 0.3) is 0 Å². The lowest BCUT2D eigenvalue weighted by Gasteiger charge is -1.97. The molecule has 0 saturated heterocycles. The third kappa shape index (κ3) is 2.60. The molecule has 1 aromatic carbocycles. The minimum atomic E-state index is -1.29. The van der Waals surface area contributed by atoms with E-state index in [9.17, 15) is 23.7 Å². The van der Waals surface area contributed by atoms with Crippen molar-refractivity contribution in [3.05, 3.63) is 39.4 Å². The van der Waals surface area contributed by atoms with Crippen LogP contribution in [-0.2, 0) is 4.79 Å². The van der Waals surface area contributed by atoms with Gasteiger partial charge in [-0.1, -0.05) is 11.8 Å². The molecule has 0 radical (unpaired) electrons. The molecule has 0 heterocycles. The van der Waals surface area contributed by atoms with Gasteiger partial charge in [-0.3, -0.25) is 10.1 Å². The van der Waals surface area contributed by atoms with Crippen molar-refractivity contribution in [2.45, 2.75) is 6.42 Å². The van der Waals surface area contributed by atoms with Crippen LogP contribution >= 0.6 is 0 Å². The summed E-state index contributed by atoms with van der Waals surface area (Å²) in [5.41, 5.74) is -1.27. The minimum Gasteiger partial charge on any atom is -0.302 e. The molecule has 0 atom stereocenters. The highest BCUT2D eigenvalue weighted by molar-refractivity contribution is 5.57. The number of hydrogen-bond acceptors (Lipinski definition) is 3. The largest absolute Gasteiger partial charge is 0.320 e. The molecule has 0 fully saturated rings. The lowest BCUT2D eigenvalue weighted by atomic mass is 10.1. The van der Waals surface area contributed by atoms with E-state index in [2.05, 4.69) is 11.8 Å². The summed E-state index contributed by atoms with van der Waals surface area (Å²) in [6.07, 6.45) is 0.323. The van der Waals surface area contributed by atoms with Gasteiger partial charge >= 0.3 is 5.69 Å². The van der Waals surface area contributed by atoms with Gasteiger partial charge in [0.2, 0.25) is 5.82 Å². The molecule has 0 unspecified atom stereocenters. The number of rotatable bonds is 2. The zero-order valence-electron chi connectivity index (χ0n) is 7.87. The number of carbonyl (C=O) groups excluding carboxylic acids is 1. The summed E-state index contributed by atoms with van der Waals surface area (Å²) >= 11 is 0. The van der Waals surface area contributed by atoms with E-state index in [0.717, 1.165) is 6.07 Å². The Morgan fingerprint density at radius 1 is 1.44 bits per heavy atom. The Labute approximate surface area is 89.0 Å². The molecule has 1 aromatic rings. The number of halogens is 2. The number of nitro benzene ring substituents is 1. The number of nitro groups is 1. The molecule has 0 aliphatic rings. The monoisotopic (exact) mass is 225 g/mol. The molecule has 0 aliphatic carbocycles. The second kappa shape index (κ2) is 4.98. The van der Waals surface area contributed by atoms with Gasteiger partial charge in [-0.05, 0) is 6.07 Å². The lowest BCUT2D eigenvalue weighted by molar-refractivity contribution is -0.387. The Morgan fingerprint density at radius 3 is 2.69 bits per heavy atom. The summed E-state index contributed by atoms with van der Waals surface area (Å²) in [5, 5.41) is 10.5. The molecule has 4 nitrogen and oxygen atoms in total. The molecule has 1 rings (SSSR count). The Kier molecular flexibility index (Phi) is 3.67. The van der Waals surface area contributed by atoms with Gasteiger partial charge in [0.25, 0.3) is 0 Å².